The molecule has 0 aliphatic rings. The lowest BCUT2D eigenvalue weighted by molar-refractivity contribution is -0.148. The van der Waals surface area contributed by atoms with Crippen LogP contribution in [0.4, 0.5) is 0 Å². The molecule has 0 aromatic heterocycles. The van der Waals surface area contributed by atoms with Crippen LogP contribution in [0.3, 0.4) is 0 Å². The first-order valence-electron chi connectivity index (χ1n) is 4.29. The van der Waals surface area contributed by atoms with E-state index >= 15 is 0 Å². The van der Waals surface area contributed by atoms with Crippen molar-refractivity contribution >= 4 is 16.2 Å². The number of ether oxygens (including phenoxy) is 1. The Morgan fingerprint density at radius 3 is 2.47 bits per heavy atom. The van der Waals surface area contributed by atoms with Gasteiger partial charge in [0.15, 0.2) is 6.10 Å². The Balaban J connectivity index is 3.78. The molecule has 8 heteroatoms. The fourth-order valence-electron chi connectivity index (χ4n) is 0.607. The maximum absolute atomic E-state index is 11.2. The summed E-state index contributed by atoms with van der Waals surface area (Å²) in [6.45, 7) is 1.43. The Hall–Kier alpha value is -0.700. The number of nitrogens with zero attached hydrogens (tertiary/aromatic N) is 1. The molecule has 0 heterocycles. The summed E-state index contributed by atoms with van der Waals surface area (Å²) in [4.78, 5) is 10.3. The van der Waals surface area contributed by atoms with Crippen LogP contribution in [0.2, 0.25) is 0 Å². The Morgan fingerprint density at radius 2 is 2.07 bits per heavy atom. The second-order valence-electron chi connectivity index (χ2n) is 3.03. The summed E-state index contributed by atoms with van der Waals surface area (Å²) in [6.07, 6.45) is -0.936. The molecule has 0 aromatic rings. The number of hydrogen-bond donors (Lipinski definition) is 2. The average Bonchev–Trinajstić information content (AvgIpc) is 2.11. The first-order chi connectivity index (χ1) is 6.77. The Labute approximate surface area is 89.2 Å². The maximum atomic E-state index is 11.2. The predicted molar refractivity (Wildman–Crippen MR) is 53.7 cm³/mol. The topological polar surface area (TPSA) is 95.9 Å². The van der Waals surface area contributed by atoms with Crippen LogP contribution in [0.1, 0.15) is 6.92 Å². The molecule has 2 N–H and O–H groups in total. The van der Waals surface area contributed by atoms with Crippen LogP contribution in [0, 0.1) is 0 Å². The number of nitrogens with one attached hydrogen (secondary N) is 1. The molecule has 15 heavy (non-hydrogen) atoms. The summed E-state index contributed by atoms with van der Waals surface area (Å²) in [7, 11) is -0.677. The van der Waals surface area contributed by atoms with Crippen molar-refractivity contribution in [1.29, 1.82) is 0 Å². The van der Waals surface area contributed by atoms with Crippen LogP contribution in [-0.2, 0) is 19.7 Å². The van der Waals surface area contributed by atoms with E-state index in [1.807, 2.05) is 0 Å². The van der Waals surface area contributed by atoms with Crippen LogP contribution in [-0.4, -0.2) is 57.1 Å². The molecule has 0 bridgehead atoms. The number of carboxylic acid groups (broad SMARTS) is 1. The molecule has 0 radical (unpaired) electrons. The quantitative estimate of drug-likeness (QED) is 0.549. The maximum Gasteiger partial charge on any atom is 0.332 e. The monoisotopic (exact) mass is 240 g/mol. The molecule has 0 spiro atoms. The smallest absolute Gasteiger partial charge is 0.332 e. The van der Waals surface area contributed by atoms with Crippen molar-refractivity contribution in [2.75, 3.05) is 27.2 Å². The lowest BCUT2D eigenvalue weighted by Crippen LogP contribution is -2.38. The van der Waals surface area contributed by atoms with Crippen molar-refractivity contribution in [2.24, 2.45) is 0 Å². The molecule has 0 fully saturated rings. The fraction of sp³-hybridized carbons (Fsp3) is 0.857. The lowest BCUT2D eigenvalue weighted by atomic mass is 10.4. The van der Waals surface area contributed by atoms with Crippen LogP contribution < -0.4 is 4.72 Å². The van der Waals surface area contributed by atoms with Crippen LogP contribution in [0.15, 0.2) is 0 Å². The predicted octanol–water partition coefficient (Wildman–Crippen LogP) is -1.13. The molecule has 0 saturated carbocycles. The van der Waals surface area contributed by atoms with E-state index in [4.69, 9.17) is 9.84 Å². The van der Waals surface area contributed by atoms with Crippen molar-refractivity contribution in [3.8, 4) is 0 Å². The van der Waals surface area contributed by atoms with Gasteiger partial charge in [-0.3, -0.25) is 0 Å². The van der Waals surface area contributed by atoms with Gasteiger partial charge in [0.1, 0.15) is 0 Å². The highest BCUT2D eigenvalue weighted by atomic mass is 32.2. The molecular formula is C7H16N2O5S. The molecule has 0 aliphatic heterocycles. The van der Waals surface area contributed by atoms with Gasteiger partial charge in [-0.1, -0.05) is 0 Å². The van der Waals surface area contributed by atoms with Gasteiger partial charge in [-0.2, -0.15) is 17.4 Å². The molecule has 0 aromatic carbocycles. The second kappa shape index (κ2) is 6.01. The van der Waals surface area contributed by atoms with Crippen LogP contribution in [0.25, 0.3) is 0 Å². The van der Waals surface area contributed by atoms with Crippen LogP contribution >= 0.6 is 0 Å². The summed E-state index contributed by atoms with van der Waals surface area (Å²) >= 11 is 0. The number of carboxylic acids is 1. The van der Waals surface area contributed by atoms with Gasteiger partial charge in [-0.15, -0.1) is 0 Å². The lowest BCUT2D eigenvalue weighted by Gasteiger charge is -2.13. The molecule has 7 nitrogen and oxygen atoms in total. The van der Waals surface area contributed by atoms with Gasteiger partial charge in [0.2, 0.25) is 0 Å². The van der Waals surface area contributed by atoms with E-state index in [9.17, 15) is 13.2 Å². The van der Waals surface area contributed by atoms with Crippen LogP contribution in [0.5, 0.6) is 0 Å². The number of aliphatic carboxylic acids is 1. The largest absolute Gasteiger partial charge is 0.479 e. The SMILES string of the molecule is CC(OCCNS(=O)(=O)N(C)C)C(=O)O. The summed E-state index contributed by atoms with van der Waals surface area (Å²) in [6, 6.07) is 0. The third kappa shape index (κ3) is 5.67. The van der Waals surface area contributed by atoms with Crippen molar-refractivity contribution in [3.05, 3.63) is 0 Å². The van der Waals surface area contributed by atoms with E-state index < -0.39 is 22.3 Å². The molecule has 0 aliphatic carbocycles. The van der Waals surface area contributed by atoms with E-state index in [0.717, 1.165) is 4.31 Å². The van der Waals surface area contributed by atoms with Crippen molar-refractivity contribution in [1.82, 2.24) is 9.03 Å². The van der Waals surface area contributed by atoms with Gasteiger partial charge in [-0.25, -0.2) is 4.79 Å². The van der Waals surface area contributed by atoms with Crippen molar-refractivity contribution < 1.29 is 23.1 Å². The third-order valence-electron chi connectivity index (χ3n) is 1.58. The first-order valence-corrected chi connectivity index (χ1v) is 5.73. The van der Waals surface area contributed by atoms with E-state index in [1.54, 1.807) is 0 Å². The minimum atomic E-state index is -3.46. The highest BCUT2D eigenvalue weighted by Gasteiger charge is 2.13. The average molecular weight is 240 g/mol. The minimum absolute atomic E-state index is 0.0144. The standard InChI is InChI=1S/C7H16N2O5S/c1-6(7(10)11)14-5-4-8-15(12,13)9(2)3/h6,8H,4-5H2,1-3H3,(H,10,11). The van der Waals surface area contributed by atoms with Gasteiger partial charge in [0, 0.05) is 20.6 Å². The summed E-state index contributed by atoms with van der Waals surface area (Å²) < 4.78 is 30.4. The highest BCUT2D eigenvalue weighted by molar-refractivity contribution is 7.87. The van der Waals surface area contributed by atoms with Gasteiger partial charge < -0.3 is 9.84 Å². The van der Waals surface area contributed by atoms with E-state index in [1.165, 1.54) is 21.0 Å². The molecular weight excluding hydrogens is 224 g/mol. The van der Waals surface area contributed by atoms with Gasteiger partial charge in [0.05, 0.1) is 6.61 Å². The third-order valence-corrected chi connectivity index (χ3v) is 3.11. The van der Waals surface area contributed by atoms with Gasteiger partial charge >= 0.3 is 5.97 Å². The Bertz CT molecular complexity index is 301. The van der Waals surface area contributed by atoms with Crippen molar-refractivity contribution in [3.63, 3.8) is 0 Å². The normalized spacial score (nSPS) is 14.1. The van der Waals surface area contributed by atoms with E-state index in [0.29, 0.717) is 0 Å². The highest BCUT2D eigenvalue weighted by Crippen LogP contribution is 1.91. The first kappa shape index (κ1) is 14.3. The fourth-order valence-corrected chi connectivity index (χ4v) is 1.21. The van der Waals surface area contributed by atoms with Crippen molar-refractivity contribution in [2.45, 2.75) is 13.0 Å². The summed E-state index contributed by atoms with van der Waals surface area (Å²) in [5, 5.41) is 8.46. The number of rotatable bonds is 7. The summed E-state index contributed by atoms with van der Waals surface area (Å²) in [5.41, 5.74) is 0. The van der Waals surface area contributed by atoms with E-state index in [2.05, 4.69) is 4.72 Å². The zero-order chi connectivity index (χ0) is 12.1. The second-order valence-corrected chi connectivity index (χ2v) is 5.00. The molecule has 1 unspecified atom stereocenters. The molecule has 0 rings (SSSR count). The molecule has 0 amide bonds. The van der Waals surface area contributed by atoms with Gasteiger partial charge in [0.25, 0.3) is 10.2 Å². The molecule has 0 saturated heterocycles. The number of carbonyl (C=O) groups is 1. The Morgan fingerprint density at radius 1 is 1.53 bits per heavy atom. The minimum Gasteiger partial charge on any atom is -0.479 e. The molecule has 90 valence electrons. The summed E-state index contributed by atoms with van der Waals surface area (Å²) in [5.74, 6) is -1.08. The van der Waals surface area contributed by atoms with E-state index in [-0.39, 0.29) is 13.2 Å². The Kier molecular flexibility index (Phi) is 5.73. The number of hydrogen-bond acceptors (Lipinski definition) is 4. The zero-order valence-electron chi connectivity index (χ0n) is 8.93. The zero-order valence-corrected chi connectivity index (χ0v) is 9.74. The molecule has 1 atom stereocenters. The van der Waals surface area contributed by atoms with Gasteiger partial charge in [-0.05, 0) is 6.92 Å².